The van der Waals surface area contributed by atoms with Crippen molar-refractivity contribution in [1.82, 2.24) is 5.32 Å². The van der Waals surface area contributed by atoms with E-state index in [0.29, 0.717) is 10.7 Å². The molecule has 1 aromatic rings. The third-order valence-electron chi connectivity index (χ3n) is 3.75. The van der Waals surface area contributed by atoms with Crippen LogP contribution in [0, 0.1) is 11.8 Å². The van der Waals surface area contributed by atoms with Gasteiger partial charge in [-0.15, -0.1) is 0 Å². The minimum atomic E-state index is -0.492. The lowest BCUT2D eigenvalue weighted by molar-refractivity contribution is -0.135. The van der Waals surface area contributed by atoms with E-state index in [9.17, 15) is 9.59 Å². The summed E-state index contributed by atoms with van der Waals surface area (Å²) in [6, 6.07) is 6.06. The number of benzene rings is 1. The summed E-state index contributed by atoms with van der Waals surface area (Å²) >= 11 is 5.91. The second-order valence-corrected chi connectivity index (χ2v) is 6.54. The number of hydrogen-bond donors (Lipinski definition) is 1. The van der Waals surface area contributed by atoms with E-state index in [1.54, 1.807) is 29.2 Å². The predicted octanol–water partition coefficient (Wildman–Crippen LogP) is 2.85. The molecule has 0 spiro atoms. The molecular formula is C16H21ClN2O2. The smallest absolute Gasteiger partial charge is 0.250 e. The van der Waals surface area contributed by atoms with Gasteiger partial charge in [0.2, 0.25) is 5.91 Å². The van der Waals surface area contributed by atoms with Gasteiger partial charge in [0.05, 0.1) is 0 Å². The maximum Gasteiger partial charge on any atom is 0.250 e. The molecule has 2 rings (SSSR count). The average Bonchev–Trinajstić information content (AvgIpc) is 2.41. The van der Waals surface area contributed by atoms with Crippen LogP contribution >= 0.6 is 11.6 Å². The molecule has 1 aliphatic rings. The summed E-state index contributed by atoms with van der Waals surface area (Å²) in [5.41, 5.74) is 0.712. The Morgan fingerprint density at radius 2 is 1.62 bits per heavy atom. The quantitative estimate of drug-likeness (QED) is 0.933. The number of carbonyl (C=O) groups excluding carboxylic acids is 2. The van der Waals surface area contributed by atoms with Crippen LogP contribution < -0.4 is 10.2 Å². The molecule has 0 aliphatic carbocycles. The van der Waals surface area contributed by atoms with Gasteiger partial charge in [0.1, 0.15) is 12.1 Å². The highest BCUT2D eigenvalue weighted by molar-refractivity contribution is 6.30. The van der Waals surface area contributed by atoms with Gasteiger partial charge in [0, 0.05) is 10.7 Å². The van der Waals surface area contributed by atoms with Crippen molar-refractivity contribution in [3.8, 4) is 0 Å². The number of halogens is 1. The molecule has 2 atom stereocenters. The standard InChI is InChI=1S/C16H21ClN2O2/c1-9(2)13-16(21)19(12-7-5-11(17)6-8-12)14(10(3)4)15(20)18-13/h5-10,13-14H,1-4H3,(H,18,20). The molecule has 1 fully saturated rings. The second-order valence-electron chi connectivity index (χ2n) is 6.10. The van der Waals surface area contributed by atoms with Crippen molar-refractivity contribution in [2.24, 2.45) is 11.8 Å². The van der Waals surface area contributed by atoms with Gasteiger partial charge >= 0.3 is 0 Å². The third-order valence-corrected chi connectivity index (χ3v) is 4.00. The van der Waals surface area contributed by atoms with E-state index in [1.165, 1.54) is 0 Å². The predicted molar refractivity (Wildman–Crippen MR) is 84.3 cm³/mol. The zero-order valence-electron chi connectivity index (χ0n) is 12.8. The highest BCUT2D eigenvalue weighted by Crippen LogP contribution is 2.28. The third kappa shape index (κ3) is 3.05. The van der Waals surface area contributed by atoms with Crippen molar-refractivity contribution in [2.75, 3.05) is 4.90 Å². The first-order chi connectivity index (χ1) is 9.82. The molecular weight excluding hydrogens is 288 g/mol. The SMILES string of the molecule is CC(C)C1NC(=O)C(C(C)C)N(c2ccc(Cl)cc2)C1=O. The number of hydrogen-bond acceptors (Lipinski definition) is 2. The molecule has 1 heterocycles. The topological polar surface area (TPSA) is 49.4 Å². The van der Waals surface area contributed by atoms with Gasteiger partial charge in [-0.3, -0.25) is 14.5 Å². The van der Waals surface area contributed by atoms with Crippen LogP contribution in [0.25, 0.3) is 0 Å². The summed E-state index contributed by atoms with van der Waals surface area (Å²) in [6.07, 6.45) is 0. The van der Waals surface area contributed by atoms with Crippen molar-refractivity contribution < 1.29 is 9.59 Å². The molecule has 114 valence electrons. The van der Waals surface area contributed by atoms with Gasteiger partial charge in [-0.1, -0.05) is 39.3 Å². The fraction of sp³-hybridized carbons (Fsp3) is 0.500. The van der Waals surface area contributed by atoms with Crippen molar-refractivity contribution in [3.05, 3.63) is 29.3 Å². The summed E-state index contributed by atoms with van der Waals surface area (Å²) in [5, 5.41) is 3.46. The highest BCUT2D eigenvalue weighted by Gasteiger charge is 2.43. The molecule has 5 heteroatoms. The number of carbonyl (C=O) groups is 2. The molecule has 1 saturated heterocycles. The summed E-state index contributed by atoms with van der Waals surface area (Å²) in [7, 11) is 0. The molecule has 0 radical (unpaired) electrons. The maximum absolute atomic E-state index is 12.8. The van der Waals surface area contributed by atoms with Crippen molar-refractivity contribution in [1.29, 1.82) is 0 Å². The molecule has 4 nitrogen and oxygen atoms in total. The molecule has 0 saturated carbocycles. The van der Waals surface area contributed by atoms with Crippen LogP contribution in [-0.4, -0.2) is 23.9 Å². The minimum Gasteiger partial charge on any atom is -0.342 e. The number of nitrogens with zero attached hydrogens (tertiary/aromatic N) is 1. The Morgan fingerprint density at radius 1 is 1.05 bits per heavy atom. The monoisotopic (exact) mass is 308 g/mol. The van der Waals surface area contributed by atoms with E-state index in [-0.39, 0.29) is 23.7 Å². The van der Waals surface area contributed by atoms with E-state index in [0.717, 1.165) is 0 Å². The highest BCUT2D eigenvalue weighted by atomic mass is 35.5. The van der Waals surface area contributed by atoms with E-state index < -0.39 is 12.1 Å². The van der Waals surface area contributed by atoms with Crippen LogP contribution in [0.3, 0.4) is 0 Å². The Balaban J connectivity index is 2.45. The Kier molecular flexibility index (Phi) is 4.57. The maximum atomic E-state index is 12.8. The summed E-state index contributed by atoms with van der Waals surface area (Å²) in [4.78, 5) is 26.8. The van der Waals surface area contributed by atoms with E-state index in [2.05, 4.69) is 5.32 Å². The van der Waals surface area contributed by atoms with E-state index in [1.807, 2.05) is 27.7 Å². The number of anilines is 1. The minimum absolute atomic E-state index is 0.0257. The number of amides is 2. The molecule has 1 aromatic carbocycles. The van der Waals surface area contributed by atoms with Gasteiger partial charge in [0.15, 0.2) is 0 Å². The van der Waals surface area contributed by atoms with Crippen LogP contribution in [-0.2, 0) is 9.59 Å². The largest absolute Gasteiger partial charge is 0.342 e. The fourth-order valence-corrected chi connectivity index (χ4v) is 2.77. The van der Waals surface area contributed by atoms with Gasteiger partial charge in [-0.2, -0.15) is 0 Å². The Labute approximate surface area is 130 Å². The van der Waals surface area contributed by atoms with E-state index >= 15 is 0 Å². The molecule has 1 N–H and O–H groups in total. The average molecular weight is 309 g/mol. The number of nitrogens with one attached hydrogen (secondary N) is 1. The summed E-state index contributed by atoms with van der Waals surface area (Å²) < 4.78 is 0. The Bertz CT molecular complexity index is 540. The van der Waals surface area contributed by atoms with Crippen LogP contribution in [0.2, 0.25) is 5.02 Å². The zero-order chi connectivity index (χ0) is 15.7. The first kappa shape index (κ1) is 15.8. The number of piperazine rings is 1. The molecule has 21 heavy (non-hydrogen) atoms. The van der Waals surface area contributed by atoms with Crippen LogP contribution in [0.1, 0.15) is 27.7 Å². The van der Waals surface area contributed by atoms with Crippen LogP contribution in [0.4, 0.5) is 5.69 Å². The molecule has 1 aliphatic heterocycles. The lowest BCUT2D eigenvalue weighted by Gasteiger charge is -2.42. The molecule has 0 aromatic heterocycles. The molecule has 0 bridgehead atoms. The van der Waals surface area contributed by atoms with Crippen LogP contribution in [0.15, 0.2) is 24.3 Å². The number of rotatable bonds is 3. The van der Waals surface area contributed by atoms with Crippen molar-refractivity contribution in [3.63, 3.8) is 0 Å². The summed E-state index contributed by atoms with van der Waals surface area (Å²) in [6.45, 7) is 7.74. The first-order valence-corrected chi connectivity index (χ1v) is 7.59. The second kappa shape index (κ2) is 6.06. The van der Waals surface area contributed by atoms with Crippen molar-refractivity contribution in [2.45, 2.75) is 39.8 Å². The molecule has 2 amide bonds. The van der Waals surface area contributed by atoms with Crippen LogP contribution in [0.5, 0.6) is 0 Å². The summed E-state index contributed by atoms with van der Waals surface area (Å²) in [5.74, 6) is -0.0917. The zero-order valence-corrected chi connectivity index (χ0v) is 13.5. The van der Waals surface area contributed by atoms with Gasteiger partial charge in [-0.25, -0.2) is 0 Å². The Hall–Kier alpha value is -1.55. The first-order valence-electron chi connectivity index (χ1n) is 7.22. The van der Waals surface area contributed by atoms with Crippen molar-refractivity contribution >= 4 is 29.1 Å². The lowest BCUT2D eigenvalue weighted by atomic mass is 9.92. The fourth-order valence-electron chi connectivity index (χ4n) is 2.65. The van der Waals surface area contributed by atoms with E-state index in [4.69, 9.17) is 11.6 Å². The van der Waals surface area contributed by atoms with Gasteiger partial charge < -0.3 is 5.32 Å². The lowest BCUT2D eigenvalue weighted by Crippen LogP contribution is -2.66. The molecule has 2 unspecified atom stereocenters. The van der Waals surface area contributed by atoms with Gasteiger partial charge in [-0.05, 0) is 36.1 Å². The normalized spacial score (nSPS) is 22.9. The Morgan fingerprint density at radius 3 is 2.10 bits per heavy atom. The van der Waals surface area contributed by atoms with Gasteiger partial charge in [0.25, 0.3) is 5.91 Å².